The highest BCUT2D eigenvalue weighted by atomic mass is 35.5. The quantitative estimate of drug-likeness (QED) is 0.714. The number of nitrogens with one attached hydrogen (secondary N) is 2. The van der Waals surface area contributed by atoms with Crippen molar-refractivity contribution < 1.29 is 4.74 Å². The summed E-state index contributed by atoms with van der Waals surface area (Å²) in [6.45, 7) is 0. The first kappa shape index (κ1) is 15.6. The molecule has 0 bridgehead atoms. The van der Waals surface area contributed by atoms with Crippen LogP contribution in [0.1, 0.15) is 11.1 Å². The molecule has 118 valence electrons. The first-order valence-corrected chi connectivity index (χ1v) is 7.65. The molecule has 2 aromatic carbocycles. The van der Waals surface area contributed by atoms with Crippen LogP contribution in [0.3, 0.4) is 0 Å². The molecule has 0 radical (unpaired) electrons. The van der Waals surface area contributed by atoms with Crippen molar-refractivity contribution in [3.05, 3.63) is 63.8 Å². The van der Waals surface area contributed by atoms with Gasteiger partial charge in [-0.15, -0.1) is 5.10 Å². The van der Waals surface area contributed by atoms with Gasteiger partial charge in [-0.2, -0.15) is 10.3 Å². The number of nitrogens with zero attached hydrogens (tertiary/aromatic N) is 2. The van der Waals surface area contributed by atoms with E-state index in [0.29, 0.717) is 22.3 Å². The first-order chi connectivity index (χ1) is 11.2. The number of benzene rings is 2. The third-order valence-electron chi connectivity index (χ3n) is 3.37. The number of aromatic amines is 1. The number of halogens is 2. The van der Waals surface area contributed by atoms with E-state index in [0.717, 1.165) is 22.6 Å². The minimum Gasteiger partial charge on any atom is -0.494 e. The Balaban J connectivity index is 1.92. The molecule has 0 amide bonds. The van der Waals surface area contributed by atoms with E-state index < -0.39 is 0 Å². The van der Waals surface area contributed by atoms with Crippen LogP contribution in [0.2, 0.25) is 10.0 Å². The number of aromatic nitrogens is 3. The zero-order valence-corrected chi connectivity index (χ0v) is 13.8. The Kier molecular flexibility index (Phi) is 4.69. The fourth-order valence-electron chi connectivity index (χ4n) is 2.33. The van der Waals surface area contributed by atoms with Gasteiger partial charge in [-0.25, -0.2) is 0 Å². The molecule has 1 heterocycles. The van der Waals surface area contributed by atoms with Gasteiger partial charge in [0.15, 0.2) is 5.82 Å². The van der Waals surface area contributed by atoms with E-state index in [2.05, 4.69) is 20.7 Å². The lowest BCUT2D eigenvalue weighted by Crippen LogP contribution is -2.00. The summed E-state index contributed by atoms with van der Waals surface area (Å²) in [6.07, 6.45) is 2.23. The predicted molar refractivity (Wildman–Crippen MR) is 91.9 cm³/mol. The highest BCUT2D eigenvalue weighted by Crippen LogP contribution is 2.33. The van der Waals surface area contributed by atoms with E-state index in [1.807, 2.05) is 30.3 Å². The third-order valence-corrected chi connectivity index (χ3v) is 3.96. The van der Waals surface area contributed by atoms with Gasteiger partial charge in [0, 0.05) is 22.0 Å². The standard InChI is InChI=1S/C16H14Cl2N4O/c1-23-16-11(7-10-5-6-12(17)8-13(10)18)3-2-4-14(16)20-15-9-19-22-21-15/h2-6,8-9H,7H2,1H3,(H2,19,20,21,22). The van der Waals surface area contributed by atoms with Crippen LogP contribution < -0.4 is 10.1 Å². The average molecular weight is 349 g/mol. The maximum Gasteiger partial charge on any atom is 0.172 e. The van der Waals surface area contributed by atoms with Crippen LogP contribution in [0, 0.1) is 0 Å². The molecule has 3 aromatic rings. The first-order valence-electron chi connectivity index (χ1n) is 6.90. The van der Waals surface area contributed by atoms with Crippen LogP contribution in [0.4, 0.5) is 11.5 Å². The summed E-state index contributed by atoms with van der Waals surface area (Å²) in [4.78, 5) is 0. The summed E-state index contributed by atoms with van der Waals surface area (Å²) in [5.74, 6) is 1.35. The number of rotatable bonds is 5. The zero-order chi connectivity index (χ0) is 16.2. The Morgan fingerprint density at radius 3 is 2.74 bits per heavy atom. The molecule has 0 unspecified atom stereocenters. The summed E-state index contributed by atoms with van der Waals surface area (Å²) < 4.78 is 5.57. The summed E-state index contributed by atoms with van der Waals surface area (Å²) in [5, 5.41) is 14.7. The molecule has 0 aliphatic heterocycles. The summed E-state index contributed by atoms with van der Waals surface area (Å²) in [6, 6.07) is 11.3. The Bertz CT molecular complexity index is 806. The van der Waals surface area contributed by atoms with Crippen LogP contribution >= 0.6 is 23.2 Å². The van der Waals surface area contributed by atoms with Crippen molar-refractivity contribution in [2.24, 2.45) is 0 Å². The predicted octanol–water partition coefficient (Wildman–Crippen LogP) is 4.45. The molecule has 1 aromatic heterocycles. The molecule has 7 heteroatoms. The summed E-state index contributed by atoms with van der Waals surface area (Å²) >= 11 is 12.2. The maximum atomic E-state index is 6.27. The van der Waals surface area contributed by atoms with Crippen molar-refractivity contribution in [3.8, 4) is 5.75 Å². The number of ether oxygens (including phenoxy) is 1. The highest BCUT2D eigenvalue weighted by molar-refractivity contribution is 6.35. The van der Waals surface area contributed by atoms with Gasteiger partial charge in [0.25, 0.3) is 0 Å². The van der Waals surface area contributed by atoms with Gasteiger partial charge in [-0.3, -0.25) is 0 Å². The number of para-hydroxylation sites is 1. The van der Waals surface area contributed by atoms with Crippen molar-refractivity contribution in [2.45, 2.75) is 6.42 Å². The zero-order valence-electron chi connectivity index (χ0n) is 12.3. The molecular weight excluding hydrogens is 335 g/mol. The fourth-order valence-corrected chi connectivity index (χ4v) is 2.81. The van der Waals surface area contributed by atoms with Crippen molar-refractivity contribution >= 4 is 34.7 Å². The fraction of sp³-hybridized carbons (Fsp3) is 0.125. The number of anilines is 2. The minimum atomic E-state index is 0.616. The molecule has 0 fully saturated rings. The lowest BCUT2D eigenvalue weighted by Gasteiger charge is -2.14. The van der Waals surface area contributed by atoms with Crippen molar-refractivity contribution in [1.29, 1.82) is 0 Å². The molecule has 0 aliphatic rings. The van der Waals surface area contributed by atoms with Gasteiger partial charge >= 0.3 is 0 Å². The van der Waals surface area contributed by atoms with E-state index in [1.165, 1.54) is 0 Å². The van der Waals surface area contributed by atoms with Crippen LogP contribution in [-0.4, -0.2) is 22.5 Å². The van der Waals surface area contributed by atoms with Crippen molar-refractivity contribution in [3.63, 3.8) is 0 Å². The molecule has 3 rings (SSSR count). The Labute approximate surface area is 143 Å². The van der Waals surface area contributed by atoms with Gasteiger partial charge < -0.3 is 10.1 Å². The molecule has 0 saturated carbocycles. The van der Waals surface area contributed by atoms with E-state index in [9.17, 15) is 0 Å². The molecule has 0 aliphatic carbocycles. The number of hydrogen-bond acceptors (Lipinski definition) is 4. The Hall–Kier alpha value is -2.24. The van der Waals surface area contributed by atoms with Crippen LogP contribution in [0.25, 0.3) is 0 Å². The topological polar surface area (TPSA) is 62.8 Å². The van der Waals surface area contributed by atoms with E-state index in [-0.39, 0.29) is 0 Å². The van der Waals surface area contributed by atoms with Crippen LogP contribution in [0.5, 0.6) is 5.75 Å². The van der Waals surface area contributed by atoms with E-state index in [4.69, 9.17) is 27.9 Å². The van der Waals surface area contributed by atoms with E-state index in [1.54, 1.807) is 19.4 Å². The Morgan fingerprint density at radius 1 is 1.17 bits per heavy atom. The molecule has 0 saturated heterocycles. The second-order valence-corrected chi connectivity index (χ2v) is 5.73. The number of hydrogen-bond donors (Lipinski definition) is 2. The lowest BCUT2D eigenvalue weighted by atomic mass is 10.0. The van der Waals surface area contributed by atoms with Gasteiger partial charge in [-0.1, -0.05) is 41.4 Å². The highest BCUT2D eigenvalue weighted by Gasteiger charge is 2.12. The number of methoxy groups -OCH3 is 1. The molecule has 0 atom stereocenters. The maximum absolute atomic E-state index is 6.27. The lowest BCUT2D eigenvalue weighted by molar-refractivity contribution is 0.412. The van der Waals surface area contributed by atoms with Crippen molar-refractivity contribution in [2.75, 3.05) is 12.4 Å². The third kappa shape index (κ3) is 3.57. The minimum absolute atomic E-state index is 0.616. The molecule has 0 spiro atoms. The van der Waals surface area contributed by atoms with E-state index >= 15 is 0 Å². The van der Waals surface area contributed by atoms with Crippen LogP contribution in [-0.2, 0) is 6.42 Å². The average Bonchev–Trinajstić information content (AvgIpc) is 3.03. The monoisotopic (exact) mass is 348 g/mol. The van der Waals surface area contributed by atoms with Gasteiger partial charge in [0.1, 0.15) is 5.75 Å². The van der Waals surface area contributed by atoms with Crippen LogP contribution in [0.15, 0.2) is 42.6 Å². The van der Waals surface area contributed by atoms with Gasteiger partial charge in [-0.05, 0) is 23.8 Å². The summed E-state index contributed by atoms with van der Waals surface area (Å²) in [5.41, 5.74) is 2.79. The molecular formula is C16H14Cl2N4O. The SMILES string of the molecule is COc1c(Cc2ccc(Cl)cc2Cl)cccc1Nc1cn[nH]n1. The van der Waals surface area contributed by atoms with Gasteiger partial charge in [0.05, 0.1) is 19.0 Å². The number of H-pyrrole nitrogens is 1. The largest absolute Gasteiger partial charge is 0.494 e. The smallest absolute Gasteiger partial charge is 0.172 e. The normalized spacial score (nSPS) is 10.6. The second kappa shape index (κ2) is 6.89. The molecule has 5 nitrogen and oxygen atoms in total. The molecule has 2 N–H and O–H groups in total. The van der Waals surface area contributed by atoms with Gasteiger partial charge in [0.2, 0.25) is 0 Å². The molecule has 23 heavy (non-hydrogen) atoms. The van der Waals surface area contributed by atoms with Crippen molar-refractivity contribution in [1.82, 2.24) is 15.4 Å². The Morgan fingerprint density at radius 2 is 2.04 bits per heavy atom. The second-order valence-electron chi connectivity index (χ2n) is 4.89. The summed E-state index contributed by atoms with van der Waals surface area (Å²) in [7, 11) is 1.64.